The van der Waals surface area contributed by atoms with Gasteiger partial charge in [-0.05, 0) is 30.3 Å². The zero-order valence-electron chi connectivity index (χ0n) is 12.5. The molecular formula is C17H10BrClN2O4. The predicted octanol–water partition coefficient (Wildman–Crippen LogP) is 5.52. The highest BCUT2D eigenvalue weighted by Gasteiger charge is 2.15. The number of anilines is 1. The Morgan fingerprint density at radius 3 is 2.68 bits per heavy atom. The lowest BCUT2D eigenvalue weighted by molar-refractivity contribution is -0.384. The van der Waals surface area contributed by atoms with Crippen LogP contribution in [-0.4, -0.2) is 10.8 Å². The number of hydrogen-bond donors (Lipinski definition) is 1. The van der Waals surface area contributed by atoms with Crippen LogP contribution in [0.1, 0.15) is 10.6 Å². The van der Waals surface area contributed by atoms with Gasteiger partial charge in [0.2, 0.25) is 0 Å². The third-order valence-corrected chi connectivity index (χ3v) is 4.16. The Balaban J connectivity index is 1.82. The fourth-order valence-electron chi connectivity index (χ4n) is 2.16. The highest BCUT2D eigenvalue weighted by Crippen LogP contribution is 2.28. The lowest BCUT2D eigenvalue weighted by atomic mass is 10.1. The number of nitro groups is 1. The first-order chi connectivity index (χ1) is 11.9. The summed E-state index contributed by atoms with van der Waals surface area (Å²) in [6.45, 7) is 0. The summed E-state index contributed by atoms with van der Waals surface area (Å²) < 4.78 is 6.31. The van der Waals surface area contributed by atoms with E-state index in [0.717, 1.165) is 4.47 Å². The molecule has 6 nitrogen and oxygen atoms in total. The van der Waals surface area contributed by atoms with Crippen molar-refractivity contribution in [1.82, 2.24) is 0 Å². The van der Waals surface area contributed by atoms with Crippen molar-refractivity contribution in [2.24, 2.45) is 0 Å². The molecule has 0 fully saturated rings. The van der Waals surface area contributed by atoms with Gasteiger partial charge in [-0.2, -0.15) is 0 Å². The average Bonchev–Trinajstić information content (AvgIpc) is 3.07. The van der Waals surface area contributed by atoms with E-state index in [9.17, 15) is 14.9 Å². The first-order valence-corrected chi connectivity index (χ1v) is 8.22. The van der Waals surface area contributed by atoms with Gasteiger partial charge in [-0.3, -0.25) is 14.9 Å². The summed E-state index contributed by atoms with van der Waals surface area (Å²) in [5, 5.41) is 13.9. The second-order valence-corrected chi connectivity index (χ2v) is 6.37. The highest BCUT2D eigenvalue weighted by molar-refractivity contribution is 9.10. The fourth-order valence-corrected chi connectivity index (χ4v) is 2.88. The van der Waals surface area contributed by atoms with E-state index in [1.807, 2.05) is 0 Å². The average molecular weight is 422 g/mol. The molecule has 1 aromatic heterocycles. The molecule has 1 heterocycles. The molecule has 0 bridgehead atoms. The van der Waals surface area contributed by atoms with Gasteiger partial charge in [-0.15, -0.1) is 0 Å². The maximum absolute atomic E-state index is 12.3. The summed E-state index contributed by atoms with van der Waals surface area (Å²) in [6, 6.07) is 14.1. The van der Waals surface area contributed by atoms with Gasteiger partial charge in [0.25, 0.3) is 11.6 Å². The van der Waals surface area contributed by atoms with E-state index < -0.39 is 10.8 Å². The van der Waals surface area contributed by atoms with Crippen LogP contribution < -0.4 is 5.32 Å². The zero-order valence-corrected chi connectivity index (χ0v) is 14.9. The number of benzene rings is 2. The van der Waals surface area contributed by atoms with Crippen molar-refractivity contribution in [3.8, 4) is 11.3 Å². The second-order valence-electron chi connectivity index (χ2n) is 5.05. The van der Waals surface area contributed by atoms with Gasteiger partial charge in [0.1, 0.15) is 5.76 Å². The van der Waals surface area contributed by atoms with E-state index in [1.165, 1.54) is 18.2 Å². The summed E-state index contributed by atoms with van der Waals surface area (Å²) in [7, 11) is 0. The maximum atomic E-state index is 12.3. The van der Waals surface area contributed by atoms with Gasteiger partial charge in [-0.25, -0.2) is 0 Å². The molecule has 0 radical (unpaired) electrons. The monoisotopic (exact) mass is 420 g/mol. The molecule has 0 spiro atoms. The van der Waals surface area contributed by atoms with Crippen molar-refractivity contribution >= 4 is 44.8 Å². The predicted molar refractivity (Wildman–Crippen MR) is 97.9 cm³/mol. The minimum Gasteiger partial charge on any atom is -0.451 e. The zero-order chi connectivity index (χ0) is 18.0. The van der Waals surface area contributed by atoms with E-state index in [2.05, 4.69) is 21.2 Å². The standard InChI is InChI=1S/C17H10BrClN2O4/c18-11-4-5-14(13(19)9-11)20-17(22)16-7-6-15(25-16)10-2-1-3-12(8-10)21(23)24/h1-9H,(H,20,22). The van der Waals surface area contributed by atoms with Gasteiger partial charge in [0.05, 0.1) is 15.6 Å². The molecule has 1 N–H and O–H groups in total. The van der Waals surface area contributed by atoms with Crippen LogP contribution in [0.4, 0.5) is 11.4 Å². The van der Waals surface area contributed by atoms with Crippen molar-refractivity contribution in [3.05, 3.63) is 80.0 Å². The Kier molecular flexibility index (Phi) is 4.87. The molecule has 0 atom stereocenters. The van der Waals surface area contributed by atoms with Crippen LogP contribution in [0.2, 0.25) is 5.02 Å². The van der Waals surface area contributed by atoms with Gasteiger partial charge in [-0.1, -0.05) is 39.7 Å². The molecule has 0 aliphatic heterocycles. The van der Waals surface area contributed by atoms with Crippen molar-refractivity contribution in [3.63, 3.8) is 0 Å². The van der Waals surface area contributed by atoms with E-state index in [1.54, 1.807) is 36.4 Å². The van der Waals surface area contributed by atoms with E-state index >= 15 is 0 Å². The van der Waals surface area contributed by atoms with Crippen LogP contribution >= 0.6 is 27.5 Å². The number of furan rings is 1. The quantitative estimate of drug-likeness (QED) is 0.444. The molecule has 0 aliphatic rings. The largest absolute Gasteiger partial charge is 0.451 e. The van der Waals surface area contributed by atoms with Crippen LogP contribution in [0.25, 0.3) is 11.3 Å². The van der Waals surface area contributed by atoms with Gasteiger partial charge in [0, 0.05) is 22.2 Å². The molecule has 126 valence electrons. The SMILES string of the molecule is O=C(Nc1ccc(Br)cc1Cl)c1ccc(-c2cccc([N+](=O)[O-])c2)o1. The van der Waals surface area contributed by atoms with E-state index in [-0.39, 0.29) is 11.4 Å². The number of nitro benzene ring substituents is 1. The highest BCUT2D eigenvalue weighted by atomic mass is 79.9. The van der Waals surface area contributed by atoms with E-state index in [0.29, 0.717) is 22.0 Å². The Labute approximate surface area is 155 Å². The maximum Gasteiger partial charge on any atom is 0.291 e. The smallest absolute Gasteiger partial charge is 0.291 e. The van der Waals surface area contributed by atoms with Crippen molar-refractivity contribution in [2.75, 3.05) is 5.32 Å². The summed E-state index contributed by atoms with van der Waals surface area (Å²) in [4.78, 5) is 22.6. The first-order valence-electron chi connectivity index (χ1n) is 7.05. The number of rotatable bonds is 4. The Morgan fingerprint density at radius 1 is 1.16 bits per heavy atom. The van der Waals surface area contributed by atoms with Crippen molar-refractivity contribution in [1.29, 1.82) is 0 Å². The summed E-state index contributed by atoms with van der Waals surface area (Å²) in [5.41, 5.74) is 0.902. The third kappa shape index (κ3) is 3.89. The lowest BCUT2D eigenvalue weighted by Gasteiger charge is -2.06. The molecular weight excluding hydrogens is 412 g/mol. The fraction of sp³-hybridized carbons (Fsp3) is 0. The third-order valence-electron chi connectivity index (χ3n) is 3.35. The van der Waals surface area contributed by atoms with Gasteiger partial charge in [0.15, 0.2) is 5.76 Å². The number of carbonyl (C=O) groups excluding carboxylic acids is 1. The van der Waals surface area contributed by atoms with Gasteiger partial charge < -0.3 is 9.73 Å². The molecule has 0 saturated heterocycles. The second kappa shape index (κ2) is 7.08. The minimum absolute atomic E-state index is 0.0541. The van der Waals surface area contributed by atoms with E-state index in [4.69, 9.17) is 16.0 Å². The number of hydrogen-bond acceptors (Lipinski definition) is 4. The van der Waals surface area contributed by atoms with Crippen LogP contribution in [0.3, 0.4) is 0 Å². The molecule has 1 amide bonds. The molecule has 2 aromatic carbocycles. The lowest BCUT2D eigenvalue weighted by Crippen LogP contribution is -2.11. The number of amides is 1. The van der Waals surface area contributed by atoms with Crippen LogP contribution in [-0.2, 0) is 0 Å². The van der Waals surface area contributed by atoms with Crippen molar-refractivity contribution in [2.45, 2.75) is 0 Å². The Hall–Kier alpha value is -2.64. The van der Waals surface area contributed by atoms with Crippen LogP contribution in [0, 0.1) is 10.1 Å². The summed E-state index contributed by atoms with van der Waals surface area (Å²) >= 11 is 9.36. The number of carbonyl (C=O) groups is 1. The molecule has 25 heavy (non-hydrogen) atoms. The Bertz CT molecular complexity index is 971. The molecule has 0 unspecified atom stereocenters. The molecule has 3 aromatic rings. The Morgan fingerprint density at radius 2 is 1.96 bits per heavy atom. The number of non-ortho nitro benzene ring substituents is 1. The molecule has 0 aliphatic carbocycles. The summed E-state index contributed by atoms with van der Waals surface area (Å²) in [6.07, 6.45) is 0. The van der Waals surface area contributed by atoms with Crippen molar-refractivity contribution < 1.29 is 14.1 Å². The number of nitrogens with one attached hydrogen (secondary N) is 1. The topological polar surface area (TPSA) is 85.4 Å². The first kappa shape index (κ1) is 17.2. The molecule has 0 saturated carbocycles. The molecule has 3 rings (SSSR count). The van der Waals surface area contributed by atoms with Crippen LogP contribution in [0.5, 0.6) is 0 Å². The minimum atomic E-state index is -0.490. The number of nitrogens with zero attached hydrogens (tertiary/aromatic N) is 1. The summed E-state index contributed by atoms with van der Waals surface area (Å²) in [5.74, 6) is -0.0443. The molecule has 8 heteroatoms. The van der Waals surface area contributed by atoms with Crippen LogP contribution in [0.15, 0.2) is 63.5 Å². The normalized spacial score (nSPS) is 10.5. The number of halogens is 2. The van der Waals surface area contributed by atoms with Gasteiger partial charge >= 0.3 is 0 Å².